The molecule has 0 radical (unpaired) electrons. The van der Waals surface area contributed by atoms with Crippen molar-refractivity contribution in [2.24, 2.45) is 0 Å². The van der Waals surface area contributed by atoms with Gasteiger partial charge in [-0.3, -0.25) is 0 Å². The van der Waals surface area contributed by atoms with Crippen LogP contribution in [0.2, 0.25) is 0 Å². The van der Waals surface area contributed by atoms with Gasteiger partial charge in [0.1, 0.15) is 0 Å². The van der Waals surface area contributed by atoms with E-state index in [9.17, 15) is 9.59 Å². The molecule has 28 heavy (non-hydrogen) atoms. The van der Waals surface area contributed by atoms with Crippen LogP contribution in [0.4, 0.5) is 21.0 Å². The Bertz CT molecular complexity index is 745. The van der Waals surface area contributed by atoms with Gasteiger partial charge in [-0.2, -0.15) is 0 Å². The zero-order valence-corrected chi connectivity index (χ0v) is 16.1. The number of rotatable bonds is 9. The van der Waals surface area contributed by atoms with Crippen molar-refractivity contribution in [1.82, 2.24) is 10.6 Å². The molecule has 0 aromatic heterocycles. The maximum atomic E-state index is 11.7. The Morgan fingerprint density at radius 3 is 1.68 bits per heavy atom. The summed E-state index contributed by atoms with van der Waals surface area (Å²) in [5.74, 6) is 0. The van der Waals surface area contributed by atoms with Gasteiger partial charge in [-0.25, -0.2) is 9.59 Å². The molecular formula is C21H28N4O3. The van der Waals surface area contributed by atoms with E-state index in [1.54, 1.807) is 0 Å². The molecule has 0 aliphatic rings. The first-order chi connectivity index (χ1) is 13.6. The number of carbonyl (C=O) groups is 2. The maximum Gasteiger partial charge on any atom is 0.319 e. The lowest BCUT2D eigenvalue weighted by molar-refractivity contribution is 0.248. The Morgan fingerprint density at radius 2 is 1.25 bits per heavy atom. The van der Waals surface area contributed by atoms with Crippen LogP contribution in [0.5, 0.6) is 0 Å². The third-order valence-electron chi connectivity index (χ3n) is 3.99. The van der Waals surface area contributed by atoms with Crippen molar-refractivity contribution in [2.45, 2.75) is 26.2 Å². The summed E-state index contributed by atoms with van der Waals surface area (Å²) in [6.07, 6.45) is 2.18. The lowest BCUT2D eigenvalue weighted by atomic mass is 10.0. The molecule has 7 nitrogen and oxygen atoms in total. The minimum Gasteiger partial charge on any atom is -0.396 e. The first kappa shape index (κ1) is 21.2. The molecule has 0 aliphatic carbocycles. The summed E-state index contributed by atoms with van der Waals surface area (Å²) >= 11 is 0. The number of aliphatic hydroxyl groups is 1. The lowest BCUT2D eigenvalue weighted by Gasteiger charge is -2.09. The topological polar surface area (TPSA) is 102 Å². The molecule has 2 aromatic carbocycles. The van der Waals surface area contributed by atoms with Gasteiger partial charge in [-0.1, -0.05) is 31.2 Å². The molecule has 0 atom stereocenters. The van der Waals surface area contributed by atoms with E-state index in [4.69, 9.17) is 5.11 Å². The van der Waals surface area contributed by atoms with E-state index in [2.05, 4.69) is 21.3 Å². The van der Waals surface area contributed by atoms with E-state index in [0.29, 0.717) is 25.2 Å². The average molecular weight is 384 g/mol. The van der Waals surface area contributed by atoms with Crippen molar-refractivity contribution >= 4 is 23.4 Å². The zero-order valence-electron chi connectivity index (χ0n) is 16.1. The fourth-order valence-corrected chi connectivity index (χ4v) is 2.52. The van der Waals surface area contributed by atoms with Crippen LogP contribution in [0.15, 0.2) is 48.5 Å². The highest BCUT2D eigenvalue weighted by atomic mass is 16.3. The van der Waals surface area contributed by atoms with Crippen molar-refractivity contribution in [3.05, 3.63) is 59.7 Å². The minimum absolute atomic E-state index is 0.0536. The first-order valence-corrected chi connectivity index (χ1v) is 9.49. The second-order valence-electron chi connectivity index (χ2n) is 6.41. The summed E-state index contributed by atoms with van der Waals surface area (Å²) in [6, 6.07) is 14.9. The van der Waals surface area contributed by atoms with E-state index >= 15 is 0 Å². The van der Waals surface area contributed by atoms with Crippen LogP contribution in [-0.4, -0.2) is 36.9 Å². The van der Waals surface area contributed by atoms with Gasteiger partial charge in [-0.15, -0.1) is 0 Å². The number of anilines is 2. The fourth-order valence-electron chi connectivity index (χ4n) is 2.52. The van der Waals surface area contributed by atoms with Crippen LogP contribution in [0.1, 0.15) is 30.9 Å². The Balaban J connectivity index is 1.83. The van der Waals surface area contributed by atoms with Crippen LogP contribution in [-0.2, 0) is 6.42 Å². The Kier molecular flexibility index (Phi) is 8.81. The second-order valence-corrected chi connectivity index (χ2v) is 6.41. The van der Waals surface area contributed by atoms with Gasteiger partial charge in [0.2, 0.25) is 0 Å². The smallest absolute Gasteiger partial charge is 0.319 e. The highest BCUT2D eigenvalue weighted by molar-refractivity contribution is 5.89. The van der Waals surface area contributed by atoms with Gasteiger partial charge < -0.3 is 26.4 Å². The Hall–Kier alpha value is -3.06. The number of carbonyl (C=O) groups excluding carboxylic acids is 2. The van der Waals surface area contributed by atoms with E-state index in [-0.39, 0.29) is 18.7 Å². The number of hydrogen-bond donors (Lipinski definition) is 5. The highest BCUT2D eigenvalue weighted by Crippen LogP contribution is 2.16. The summed E-state index contributed by atoms with van der Waals surface area (Å²) in [7, 11) is 0. The van der Waals surface area contributed by atoms with Crippen LogP contribution in [0, 0.1) is 0 Å². The third kappa shape index (κ3) is 7.67. The largest absolute Gasteiger partial charge is 0.396 e. The monoisotopic (exact) mass is 384 g/mol. The summed E-state index contributed by atoms with van der Waals surface area (Å²) in [5, 5.41) is 19.7. The van der Waals surface area contributed by atoms with Crippen molar-refractivity contribution in [1.29, 1.82) is 0 Å². The van der Waals surface area contributed by atoms with Crippen LogP contribution in [0.25, 0.3) is 0 Å². The predicted octanol–water partition coefficient (Wildman–Crippen LogP) is 3.31. The number of amides is 4. The number of benzene rings is 2. The molecule has 0 aliphatic heterocycles. The summed E-state index contributed by atoms with van der Waals surface area (Å²) in [6.45, 7) is 3.15. The van der Waals surface area contributed by atoms with Gasteiger partial charge in [-0.05, 0) is 54.7 Å². The molecule has 0 saturated heterocycles. The molecule has 2 rings (SSSR count). The van der Waals surface area contributed by atoms with Crippen LogP contribution >= 0.6 is 0 Å². The van der Waals surface area contributed by atoms with Crippen molar-refractivity contribution < 1.29 is 14.7 Å². The van der Waals surface area contributed by atoms with Crippen LogP contribution < -0.4 is 21.3 Å². The number of hydrogen-bond acceptors (Lipinski definition) is 3. The minimum atomic E-state index is -0.285. The molecule has 0 heterocycles. The molecule has 2 aromatic rings. The third-order valence-corrected chi connectivity index (χ3v) is 3.99. The normalized spacial score (nSPS) is 10.2. The molecule has 5 N–H and O–H groups in total. The fraction of sp³-hybridized carbons (Fsp3) is 0.333. The Morgan fingerprint density at radius 1 is 0.786 bits per heavy atom. The average Bonchev–Trinajstić information content (AvgIpc) is 2.69. The van der Waals surface area contributed by atoms with Gasteiger partial charge in [0.05, 0.1) is 0 Å². The molecular weight excluding hydrogens is 356 g/mol. The molecule has 150 valence electrons. The van der Waals surface area contributed by atoms with E-state index in [1.807, 2.05) is 55.5 Å². The molecule has 7 heteroatoms. The maximum absolute atomic E-state index is 11.7. The second kappa shape index (κ2) is 11.6. The molecule has 0 fully saturated rings. The summed E-state index contributed by atoms with van der Waals surface area (Å²) < 4.78 is 0. The highest BCUT2D eigenvalue weighted by Gasteiger charge is 2.03. The quantitative estimate of drug-likeness (QED) is 0.429. The predicted molar refractivity (Wildman–Crippen MR) is 112 cm³/mol. The molecule has 0 unspecified atom stereocenters. The number of aliphatic hydroxyl groups excluding tert-OH is 1. The first-order valence-electron chi connectivity index (χ1n) is 9.49. The van der Waals surface area contributed by atoms with Crippen LogP contribution in [0.3, 0.4) is 0 Å². The molecule has 0 bridgehead atoms. The van der Waals surface area contributed by atoms with Gasteiger partial charge >= 0.3 is 12.1 Å². The lowest BCUT2D eigenvalue weighted by Crippen LogP contribution is -2.29. The standard InChI is InChI=1S/C21H28N4O3/c1-2-12-22-20(27)24-18-8-4-16(5-9-18)15-17-6-10-19(11-7-17)25-21(28)23-13-3-14-26/h4-11,26H,2-3,12-15H2,1H3,(H2,22,24,27)(H2,23,25,28). The van der Waals surface area contributed by atoms with Crippen molar-refractivity contribution in [2.75, 3.05) is 30.3 Å². The SMILES string of the molecule is CCCNC(=O)Nc1ccc(Cc2ccc(NC(=O)NCCCO)cc2)cc1. The van der Waals surface area contributed by atoms with E-state index in [0.717, 1.165) is 29.7 Å². The van der Waals surface area contributed by atoms with Crippen molar-refractivity contribution in [3.8, 4) is 0 Å². The molecule has 0 spiro atoms. The van der Waals surface area contributed by atoms with Gasteiger partial charge in [0.25, 0.3) is 0 Å². The van der Waals surface area contributed by atoms with Gasteiger partial charge in [0.15, 0.2) is 0 Å². The number of urea groups is 2. The Labute approximate surface area is 165 Å². The number of nitrogens with one attached hydrogen (secondary N) is 4. The zero-order chi connectivity index (χ0) is 20.2. The molecule has 4 amide bonds. The summed E-state index contributed by atoms with van der Waals surface area (Å²) in [5.41, 5.74) is 3.71. The van der Waals surface area contributed by atoms with Crippen molar-refractivity contribution in [3.63, 3.8) is 0 Å². The van der Waals surface area contributed by atoms with E-state index < -0.39 is 0 Å². The molecule has 0 saturated carbocycles. The summed E-state index contributed by atoms with van der Waals surface area (Å²) in [4.78, 5) is 23.4. The van der Waals surface area contributed by atoms with E-state index in [1.165, 1.54) is 0 Å². The van der Waals surface area contributed by atoms with Gasteiger partial charge in [0, 0.05) is 31.1 Å².